The van der Waals surface area contributed by atoms with Gasteiger partial charge in [0.1, 0.15) is 0 Å². The highest BCUT2D eigenvalue weighted by Crippen LogP contribution is 2.48. The quantitative estimate of drug-likeness (QED) is 0.601. The Morgan fingerprint density at radius 1 is 1.35 bits per heavy atom. The molecule has 6 nitrogen and oxygen atoms in total. The van der Waals surface area contributed by atoms with E-state index in [2.05, 4.69) is 10.6 Å². The minimum absolute atomic E-state index is 0.135. The van der Waals surface area contributed by atoms with Crippen molar-refractivity contribution in [3.05, 3.63) is 0 Å². The molecule has 0 aliphatic heterocycles. The number of carboxylic acid groups (broad SMARTS) is 1. The van der Waals surface area contributed by atoms with Gasteiger partial charge in [0.05, 0.1) is 5.41 Å². The SMILES string of the molecule is CCC(C)(CNC(=O)NCC1(CCOC)CC1)C(=O)O. The number of hydrogen-bond donors (Lipinski definition) is 3. The summed E-state index contributed by atoms with van der Waals surface area (Å²) in [6, 6.07) is -0.297. The number of rotatable bonds is 9. The van der Waals surface area contributed by atoms with Crippen LogP contribution in [-0.2, 0) is 9.53 Å². The van der Waals surface area contributed by atoms with Crippen LogP contribution < -0.4 is 10.6 Å². The molecule has 0 aromatic rings. The summed E-state index contributed by atoms with van der Waals surface area (Å²) in [6.07, 6.45) is 3.64. The first kappa shape index (κ1) is 16.8. The molecule has 1 aliphatic rings. The number of carboxylic acids is 1. The van der Waals surface area contributed by atoms with E-state index in [1.807, 2.05) is 0 Å². The minimum atomic E-state index is -0.912. The van der Waals surface area contributed by atoms with Crippen LogP contribution in [0.25, 0.3) is 0 Å². The maximum Gasteiger partial charge on any atom is 0.314 e. The van der Waals surface area contributed by atoms with Gasteiger partial charge in [-0.1, -0.05) is 6.92 Å². The molecule has 2 amide bonds. The summed E-state index contributed by atoms with van der Waals surface area (Å²) in [6.45, 7) is 4.90. The van der Waals surface area contributed by atoms with Crippen molar-refractivity contribution >= 4 is 12.0 Å². The van der Waals surface area contributed by atoms with E-state index in [0.29, 0.717) is 19.6 Å². The second-order valence-electron chi connectivity index (χ2n) is 6.00. The molecule has 0 radical (unpaired) electrons. The van der Waals surface area contributed by atoms with Gasteiger partial charge in [-0.05, 0) is 38.0 Å². The first-order valence-corrected chi connectivity index (χ1v) is 7.11. The van der Waals surface area contributed by atoms with Crippen molar-refractivity contribution in [1.29, 1.82) is 0 Å². The van der Waals surface area contributed by atoms with Crippen LogP contribution in [0.15, 0.2) is 0 Å². The number of carbonyl (C=O) groups excluding carboxylic acids is 1. The minimum Gasteiger partial charge on any atom is -0.481 e. The van der Waals surface area contributed by atoms with Crippen LogP contribution in [0.4, 0.5) is 4.79 Å². The summed E-state index contributed by atoms with van der Waals surface area (Å²) in [5.41, 5.74) is -0.723. The Kier molecular flexibility index (Phi) is 5.80. The zero-order chi connectivity index (χ0) is 15.2. The molecular weight excluding hydrogens is 260 g/mol. The lowest BCUT2D eigenvalue weighted by molar-refractivity contribution is -0.147. The fraction of sp³-hybridized carbons (Fsp3) is 0.857. The Labute approximate surface area is 120 Å². The van der Waals surface area contributed by atoms with E-state index in [0.717, 1.165) is 19.3 Å². The maximum atomic E-state index is 11.7. The molecule has 20 heavy (non-hydrogen) atoms. The van der Waals surface area contributed by atoms with Crippen LogP contribution >= 0.6 is 0 Å². The summed E-state index contributed by atoms with van der Waals surface area (Å²) in [7, 11) is 1.67. The molecule has 0 aromatic carbocycles. The Balaban J connectivity index is 2.29. The average Bonchev–Trinajstić information content (AvgIpc) is 3.20. The second-order valence-corrected chi connectivity index (χ2v) is 6.00. The summed E-state index contributed by atoms with van der Waals surface area (Å²) in [5, 5.41) is 14.6. The molecule has 0 bridgehead atoms. The van der Waals surface area contributed by atoms with Gasteiger partial charge < -0.3 is 20.5 Å². The Hall–Kier alpha value is -1.30. The van der Waals surface area contributed by atoms with Crippen molar-refractivity contribution in [3.8, 4) is 0 Å². The van der Waals surface area contributed by atoms with Crippen LogP contribution in [-0.4, -0.2) is 43.9 Å². The average molecular weight is 286 g/mol. The van der Waals surface area contributed by atoms with Crippen molar-refractivity contribution < 1.29 is 19.4 Å². The normalized spacial score (nSPS) is 18.9. The number of ether oxygens (including phenoxy) is 1. The van der Waals surface area contributed by atoms with Crippen LogP contribution in [0.5, 0.6) is 0 Å². The number of amides is 2. The summed E-state index contributed by atoms with van der Waals surface area (Å²) in [5.74, 6) is -0.890. The number of nitrogens with one attached hydrogen (secondary N) is 2. The molecule has 1 rings (SSSR count). The molecular formula is C14H26N2O4. The van der Waals surface area contributed by atoms with Crippen molar-refractivity contribution in [1.82, 2.24) is 10.6 Å². The van der Waals surface area contributed by atoms with Crippen molar-refractivity contribution in [2.24, 2.45) is 10.8 Å². The van der Waals surface area contributed by atoms with Crippen LogP contribution in [0.1, 0.15) is 39.5 Å². The third-order valence-corrected chi connectivity index (χ3v) is 4.35. The van der Waals surface area contributed by atoms with Crippen molar-refractivity contribution in [3.63, 3.8) is 0 Å². The molecule has 1 aliphatic carbocycles. The number of aliphatic carboxylic acids is 1. The van der Waals surface area contributed by atoms with E-state index in [9.17, 15) is 9.59 Å². The van der Waals surface area contributed by atoms with Gasteiger partial charge in [-0.3, -0.25) is 4.79 Å². The molecule has 0 spiro atoms. The van der Waals surface area contributed by atoms with E-state index in [1.165, 1.54) is 0 Å². The van der Waals surface area contributed by atoms with Crippen molar-refractivity contribution in [2.45, 2.75) is 39.5 Å². The topological polar surface area (TPSA) is 87.7 Å². The molecule has 0 aromatic heterocycles. The highest BCUT2D eigenvalue weighted by Gasteiger charge is 2.42. The molecule has 0 saturated heterocycles. The molecule has 6 heteroatoms. The number of methoxy groups -OCH3 is 1. The van der Waals surface area contributed by atoms with Gasteiger partial charge >= 0.3 is 12.0 Å². The van der Waals surface area contributed by atoms with Crippen molar-refractivity contribution in [2.75, 3.05) is 26.8 Å². The molecule has 1 saturated carbocycles. The summed E-state index contributed by atoms with van der Waals surface area (Å²) >= 11 is 0. The Morgan fingerprint density at radius 3 is 2.45 bits per heavy atom. The Morgan fingerprint density at radius 2 is 2.00 bits per heavy atom. The van der Waals surface area contributed by atoms with E-state index in [-0.39, 0.29) is 18.0 Å². The molecule has 1 unspecified atom stereocenters. The molecule has 0 heterocycles. The summed E-state index contributed by atoms with van der Waals surface area (Å²) in [4.78, 5) is 22.9. The van der Waals surface area contributed by atoms with Crippen LogP contribution in [0.3, 0.4) is 0 Å². The van der Waals surface area contributed by atoms with Gasteiger partial charge in [0, 0.05) is 26.8 Å². The summed E-state index contributed by atoms with van der Waals surface area (Å²) < 4.78 is 5.06. The van der Waals surface area contributed by atoms with E-state index >= 15 is 0 Å². The van der Waals surface area contributed by atoms with Gasteiger partial charge in [0.25, 0.3) is 0 Å². The number of hydrogen-bond acceptors (Lipinski definition) is 3. The maximum absolute atomic E-state index is 11.7. The van der Waals surface area contributed by atoms with Gasteiger partial charge in [-0.25, -0.2) is 4.79 Å². The molecule has 1 fully saturated rings. The van der Waals surface area contributed by atoms with Gasteiger partial charge in [0.15, 0.2) is 0 Å². The Bertz CT molecular complexity index is 355. The van der Waals surface area contributed by atoms with E-state index < -0.39 is 11.4 Å². The van der Waals surface area contributed by atoms with Crippen LogP contribution in [0.2, 0.25) is 0 Å². The van der Waals surface area contributed by atoms with Gasteiger partial charge in [-0.15, -0.1) is 0 Å². The van der Waals surface area contributed by atoms with Gasteiger partial charge in [0.2, 0.25) is 0 Å². The lowest BCUT2D eigenvalue weighted by Crippen LogP contribution is -2.45. The number of urea groups is 1. The lowest BCUT2D eigenvalue weighted by Gasteiger charge is -2.23. The third kappa shape index (κ3) is 4.67. The fourth-order valence-corrected chi connectivity index (χ4v) is 1.97. The molecule has 116 valence electrons. The second kappa shape index (κ2) is 6.92. The number of carbonyl (C=O) groups is 2. The smallest absolute Gasteiger partial charge is 0.314 e. The fourth-order valence-electron chi connectivity index (χ4n) is 1.97. The predicted octanol–water partition coefficient (Wildman–Crippen LogP) is 1.60. The highest BCUT2D eigenvalue weighted by molar-refractivity contribution is 5.77. The third-order valence-electron chi connectivity index (χ3n) is 4.35. The van der Waals surface area contributed by atoms with Crippen LogP contribution in [0, 0.1) is 10.8 Å². The van der Waals surface area contributed by atoms with Gasteiger partial charge in [-0.2, -0.15) is 0 Å². The largest absolute Gasteiger partial charge is 0.481 e. The van der Waals surface area contributed by atoms with E-state index in [1.54, 1.807) is 21.0 Å². The zero-order valence-electron chi connectivity index (χ0n) is 12.6. The first-order chi connectivity index (χ1) is 9.37. The van der Waals surface area contributed by atoms with E-state index in [4.69, 9.17) is 9.84 Å². The zero-order valence-corrected chi connectivity index (χ0v) is 12.6. The highest BCUT2D eigenvalue weighted by atomic mass is 16.5. The lowest BCUT2D eigenvalue weighted by atomic mass is 9.88. The first-order valence-electron chi connectivity index (χ1n) is 7.11. The molecule has 1 atom stereocenters. The monoisotopic (exact) mass is 286 g/mol. The molecule has 3 N–H and O–H groups in total. The standard InChI is InChI=1S/C14H26N2O4/c1-4-13(2,11(17)18)9-15-12(19)16-10-14(5-6-14)7-8-20-3/h4-10H2,1-3H3,(H,17,18)(H2,15,16,19). The predicted molar refractivity (Wildman–Crippen MR) is 75.6 cm³/mol.